The van der Waals surface area contributed by atoms with Gasteiger partial charge in [-0.2, -0.15) is 5.10 Å². The smallest absolute Gasteiger partial charge is 0.159 e. The van der Waals surface area contributed by atoms with E-state index < -0.39 is 11.6 Å². The monoisotopic (exact) mass is 343 g/mol. The summed E-state index contributed by atoms with van der Waals surface area (Å²) in [5, 5.41) is 7.29. The molecule has 25 heavy (non-hydrogen) atoms. The first-order valence-corrected chi connectivity index (χ1v) is 7.52. The molecule has 4 rings (SSSR count). The van der Waals surface area contributed by atoms with Gasteiger partial charge in [0.15, 0.2) is 11.6 Å². The Balaban J connectivity index is 1.68. The quantitative estimate of drug-likeness (QED) is 0.825. The Labute approximate surface area is 142 Å². The Kier molecular flexibility index (Phi) is 3.50. The number of nitrogens with zero attached hydrogens (tertiary/aromatic N) is 5. The maximum Gasteiger partial charge on any atom is 0.159 e. The molecular weight excluding hydrogens is 328 g/mol. The number of halogens is 2. The first-order valence-electron chi connectivity index (χ1n) is 7.52. The van der Waals surface area contributed by atoms with E-state index in [0.717, 1.165) is 23.0 Å². The average Bonchev–Trinajstić information content (AvgIpc) is 3.15. The number of aliphatic imine (C=N–C) groups is 1. The van der Waals surface area contributed by atoms with E-state index >= 15 is 0 Å². The standard InChI is InChI=1S/C16H15F2N7/c1-23-7-11(5-21-23)15-16-14(8-24(19)9-20-16)25(22-15)6-10-2-3-12(17)13(18)4-10/h2-5,7-9,22H,6,19H2,1H3. The lowest BCUT2D eigenvalue weighted by molar-refractivity contribution is 0.302. The number of hydrazine groups is 2. The van der Waals surface area contributed by atoms with Crippen molar-refractivity contribution < 1.29 is 8.78 Å². The van der Waals surface area contributed by atoms with E-state index in [1.54, 1.807) is 22.1 Å². The number of fused-ring (bicyclic) bond motifs is 1. The molecule has 0 amide bonds. The molecule has 7 nitrogen and oxygen atoms in total. The van der Waals surface area contributed by atoms with E-state index in [0.29, 0.717) is 17.8 Å². The second-order valence-corrected chi connectivity index (χ2v) is 5.78. The maximum absolute atomic E-state index is 13.5. The van der Waals surface area contributed by atoms with Gasteiger partial charge in [-0.15, -0.1) is 0 Å². The highest BCUT2D eigenvalue weighted by Crippen LogP contribution is 2.33. The Morgan fingerprint density at radius 1 is 1.24 bits per heavy atom. The Morgan fingerprint density at radius 2 is 2.08 bits per heavy atom. The average molecular weight is 343 g/mol. The van der Waals surface area contributed by atoms with Gasteiger partial charge in [0.1, 0.15) is 17.7 Å². The predicted molar refractivity (Wildman–Crippen MR) is 87.8 cm³/mol. The van der Waals surface area contributed by atoms with E-state index in [9.17, 15) is 8.78 Å². The highest BCUT2D eigenvalue weighted by atomic mass is 19.2. The van der Waals surface area contributed by atoms with Crippen molar-refractivity contribution >= 4 is 12.0 Å². The molecule has 3 heterocycles. The molecule has 1 aromatic heterocycles. The summed E-state index contributed by atoms with van der Waals surface area (Å²) in [6.45, 7) is 0.305. The van der Waals surface area contributed by atoms with Crippen molar-refractivity contribution in [1.82, 2.24) is 25.2 Å². The van der Waals surface area contributed by atoms with E-state index in [1.165, 1.54) is 23.5 Å². The van der Waals surface area contributed by atoms with Gasteiger partial charge < -0.3 is 0 Å². The molecule has 0 atom stereocenters. The van der Waals surface area contributed by atoms with Gasteiger partial charge >= 0.3 is 0 Å². The van der Waals surface area contributed by atoms with E-state index in [2.05, 4.69) is 15.5 Å². The third kappa shape index (κ3) is 2.74. The molecule has 1 aromatic carbocycles. The highest BCUT2D eigenvalue weighted by molar-refractivity contribution is 5.77. The summed E-state index contributed by atoms with van der Waals surface area (Å²) >= 11 is 0. The molecule has 0 radical (unpaired) electrons. The minimum atomic E-state index is -0.881. The second kappa shape index (κ2) is 5.71. The molecule has 0 bridgehead atoms. The van der Waals surface area contributed by atoms with Crippen molar-refractivity contribution in [2.45, 2.75) is 6.54 Å². The third-order valence-electron chi connectivity index (χ3n) is 3.93. The van der Waals surface area contributed by atoms with Gasteiger partial charge in [0.25, 0.3) is 0 Å². The molecule has 0 fully saturated rings. The molecular formula is C16H15F2N7. The Hall–Kier alpha value is -3.20. The van der Waals surface area contributed by atoms with Gasteiger partial charge in [-0.1, -0.05) is 6.07 Å². The first kappa shape index (κ1) is 15.3. The molecule has 0 spiro atoms. The summed E-state index contributed by atoms with van der Waals surface area (Å²) in [6, 6.07) is 3.82. The van der Waals surface area contributed by atoms with Crippen LogP contribution in [0.5, 0.6) is 0 Å². The second-order valence-electron chi connectivity index (χ2n) is 5.78. The van der Waals surface area contributed by atoms with Gasteiger partial charge in [-0.25, -0.2) is 19.6 Å². The zero-order valence-electron chi connectivity index (χ0n) is 13.3. The zero-order valence-corrected chi connectivity index (χ0v) is 13.3. The fourth-order valence-electron chi connectivity index (χ4n) is 2.76. The van der Waals surface area contributed by atoms with Crippen LogP contribution in [0.3, 0.4) is 0 Å². The van der Waals surface area contributed by atoms with Crippen LogP contribution in [0.1, 0.15) is 11.1 Å². The fraction of sp³-hybridized carbons (Fsp3) is 0.125. The Morgan fingerprint density at radius 3 is 2.80 bits per heavy atom. The van der Waals surface area contributed by atoms with Crippen LogP contribution < -0.4 is 11.3 Å². The van der Waals surface area contributed by atoms with Crippen molar-refractivity contribution in [2.24, 2.45) is 17.9 Å². The minimum absolute atomic E-state index is 0.305. The van der Waals surface area contributed by atoms with Gasteiger partial charge in [0, 0.05) is 25.0 Å². The van der Waals surface area contributed by atoms with Crippen LogP contribution >= 0.6 is 0 Å². The zero-order chi connectivity index (χ0) is 17.6. The molecule has 0 unspecified atom stereocenters. The SMILES string of the molecule is Cn1cc(C2=C3N=CN(N)C=C3N(Cc3ccc(F)c(F)c3)N2)cn1. The van der Waals surface area contributed by atoms with Gasteiger partial charge in [0.2, 0.25) is 0 Å². The van der Waals surface area contributed by atoms with Crippen molar-refractivity contribution in [3.63, 3.8) is 0 Å². The molecule has 2 aliphatic rings. The third-order valence-corrected chi connectivity index (χ3v) is 3.93. The van der Waals surface area contributed by atoms with E-state index in [-0.39, 0.29) is 0 Å². The molecule has 0 saturated heterocycles. The van der Waals surface area contributed by atoms with Gasteiger partial charge in [0.05, 0.1) is 18.4 Å². The lowest BCUT2D eigenvalue weighted by atomic mass is 10.2. The summed E-state index contributed by atoms with van der Waals surface area (Å²) in [5.41, 5.74) is 6.92. The number of nitrogens with one attached hydrogen (secondary N) is 1. The summed E-state index contributed by atoms with van der Waals surface area (Å²) in [6.07, 6.45) is 6.78. The number of benzene rings is 1. The maximum atomic E-state index is 13.5. The number of aromatic nitrogens is 2. The molecule has 2 aromatic rings. The number of hydrogen-bond donors (Lipinski definition) is 2. The van der Waals surface area contributed by atoms with Gasteiger partial charge in [-0.3, -0.25) is 20.1 Å². The van der Waals surface area contributed by atoms with Gasteiger partial charge in [-0.05, 0) is 17.7 Å². The first-order chi connectivity index (χ1) is 12.0. The fourth-order valence-corrected chi connectivity index (χ4v) is 2.76. The van der Waals surface area contributed by atoms with Crippen LogP contribution in [0, 0.1) is 11.6 Å². The van der Waals surface area contributed by atoms with Crippen molar-refractivity contribution in [3.8, 4) is 0 Å². The van der Waals surface area contributed by atoms with Crippen LogP contribution in [0.25, 0.3) is 5.70 Å². The van der Waals surface area contributed by atoms with Crippen molar-refractivity contribution in [3.05, 3.63) is 70.9 Å². The molecule has 0 aliphatic carbocycles. The summed E-state index contributed by atoms with van der Waals surface area (Å²) < 4.78 is 28.3. The normalized spacial score (nSPS) is 16.2. The van der Waals surface area contributed by atoms with Crippen LogP contribution in [-0.4, -0.2) is 26.1 Å². The number of rotatable bonds is 3. The molecule has 9 heteroatoms. The molecule has 2 aliphatic heterocycles. The Bertz CT molecular complexity index is 928. The molecule has 0 saturated carbocycles. The number of aryl methyl sites for hydroxylation is 1. The molecule has 128 valence electrons. The number of hydrogen-bond acceptors (Lipinski definition) is 6. The number of nitrogens with two attached hydrogens (primary N) is 1. The highest BCUT2D eigenvalue weighted by Gasteiger charge is 2.30. The lowest BCUT2D eigenvalue weighted by Crippen LogP contribution is -2.33. The van der Waals surface area contributed by atoms with Crippen LogP contribution in [0.4, 0.5) is 8.78 Å². The minimum Gasteiger partial charge on any atom is -0.295 e. The van der Waals surface area contributed by atoms with Crippen molar-refractivity contribution in [1.29, 1.82) is 0 Å². The summed E-state index contributed by atoms with van der Waals surface area (Å²) in [4.78, 5) is 4.38. The largest absolute Gasteiger partial charge is 0.295 e. The molecule has 3 N–H and O–H groups in total. The predicted octanol–water partition coefficient (Wildman–Crippen LogP) is 1.45. The summed E-state index contributed by atoms with van der Waals surface area (Å²) in [7, 11) is 1.82. The van der Waals surface area contributed by atoms with E-state index in [4.69, 9.17) is 5.84 Å². The van der Waals surface area contributed by atoms with Crippen LogP contribution in [-0.2, 0) is 13.6 Å². The van der Waals surface area contributed by atoms with E-state index in [1.807, 2.05) is 13.2 Å². The van der Waals surface area contributed by atoms with Crippen LogP contribution in [0.15, 0.2) is 53.2 Å². The van der Waals surface area contributed by atoms with Crippen LogP contribution in [0.2, 0.25) is 0 Å². The summed E-state index contributed by atoms with van der Waals surface area (Å²) in [5.74, 6) is 4.03. The lowest BCUT2D eigenvalue weighted by Gasteiger charge is -2.24. The topological polar surface area (TPSA) is 74.7 Å². The van der Waals surface area contributed by atoms with Crippen molar-refractivity contribution in [2.75, 3.05) is 0 Å².